The van der Waals surface area contributed by atoms with E-state index in [0.29, 0.717) is 5.56 Å². The van der Waals surface area contributed by atoms with Crippen LogP contribution in [0.5, 0.6) is 23.0 Å². The number of hydrogen-bond donors (Lipinski definition) is 5. The Hall–Kier alpha value is -3.31. The number of aliphatic hydroxyl groups is 3. The fraction of sp³-hybridized carbons (Fsp3) is 0.318. The molecule has 10 heteroatoms. The fourth-order valence-corrected chi connectivity index (χ4v) is 2.98. The van der Waals surface area contributed by atoms with Gasteiger partial charge in [0.15, 0.2) is 11.5 Å². The molecule has 1 aliphatic heterocycles. The molecule has 0 radical (unpaired) electrons. The van der Waals surface area contributed by atoms with Gasteiger partial charge in [-0.05, 0) is 48.0 Å². The third-order valence-corrected chi connectivity index (χ3v) is 4.76. The molecule has 3 rings (SSSR count). The topological polar surface area (TPSA) is 155 Å². The van der Waals surface area contributed by atoms with Gasteiger partial charge in [0, 0.05) is 6.08 Å². The van der Waals surface area contributed by atoms with E-state index in [1.54, 1.807) is 6.07 Å². The van der Waals surface area contributed by atoms with Crippen LogP contribution in [0.4, 0.5) is 0 Å². The maximum Gasteiger partial charge on any atom is 0.330 e. The first kappa shape index (κ1) is 23.4. The third-order valence-electron chi connectivity index (χ3n) is 4.76. The number of phenols is 2. The Kier molecular flexibility index (Phi) is 7.54. The second kappa shape index (κ2) is 10.3. The molecule has 5 atom stereocenters. The van der Waals surface area contributed by atoms with Crippen LogP contribution in [0, 0.1) is 0 Å². The molecular weight excluding hydrogens is 424 g/mol. The van der Waals surface area contributed by atoms with Crippen LogP contribution in [0.2, 0.25) is 0 Å². The number of methoxy groups -OCH3 is 1. The number of carbonyl (C=O) groups excluding carboxylic acids is 1. The van der Waals surface area contributed by atoms with Crippen LogP contribution in [0.1, 0.15) is 5.56 Å². The zero-order valence-corrected chi connectivity index (χ0v) is 17.1. The number of ether oxygens (including phenoxy) is 4. The van der Waals surface area contributed by atoms with Gasteiger partial charge in [0.2, 0.25) is 6.29 Å². The number of aromatic hydroxyl groups is 2. The van der Waals surface area contributed by atoms with E-state index < -0.39 is 43.3 Å². The average Bonchev–Trinajstić information content (AvgIpc) is 2.79. The van der Waals surface area contributed by atoms with Crippen LogP contribution in [0.3, 0.4) is 0 Å². The minimum absolute atomic E-state index is 0.0153. The molecule has 0 spiro atoms. The molecule has 0 aromatic heterocycles. The largest absolute Gasteiger partial charge is 0.508 e. The highest BCUT2D eigenvalue weighted by atomic mass is 16.7. The van der Waals surface area contributed by atoms with Crippen LogP contribution < -0.4 is 9.47 Å². The number of benzene rings is 2. The third kappa shape index (κ3) is 5.68. The molecule has 1 saturated heterocycles. The minimum atomic E-state index is -1.60. The van der Waals surface area contributed by atoms with Gasteiger partial charge in [-0.2, -0.15) is 0 Å². The van der Waals surface area contributed by atoms with Gasteiger partial charge in [-0.15, -0.1) is 0 Å². The minimum Gasteiger partial charge on any atom is -0.508 e. The molecule has 0 amide bonds. The Morgan fingerprint density at radius 1 is 1.03 bits per heavy atom. The van der Waals surface area contributed by atoms with Crippen molar-refractivity contribution >= 4 is 12.0 Å². The molecule has 1 heterocycles. The van der Waals surface area contributed by atoms with E-state index in [1.165, 1.54) is 49.6 Å². The van der Waals surface area contributed by atoms with Gasteiger partial charge in [-0.1, -0.05) is 6.07 Å². The van der Waals surface area contributed by atoms with E-state index in [-0.39, 0.29) is 23.0 Å². The van der Waals surface area contributed by atoms with Crippen molar-refractivity contribution in [1.29, 1.82) is 0 Å². The molecule has 0 aliphatic carbocycles. The quantitative estimate of drug-likeness (QED) is 0.299. The molecule has 32 heavy (non-hydrogen) atoms. The predicted molar refractivity (Wildman–Crippen MR) is 110 cm³/mol. The maximum atomic E-state index is 12.0. The molecule has 1 aliphatic rings. The number of aliphatic hydroxyl groups excluding tert-OH is 3. The molecule has 1 fully saturated rings. The summed E-state index contributed by atoms with van der Waals surface area (Å²) >= 11 is 0. The van der Waals surface area contributed by atoms with Gasteiger partial charge >= 0.3 is 5.97 Å². The monoisotopic (exact) mass is 448 g/mol. The van der Waals surface area contributed by atoms with E-state index >= 15 is 0 Å². The molecule has 0 saturated carbocycles. The van der Waals surface area contributed by atoms with Gasteiger partial charge < -0.3 is 44.5 Å². The summed E-state index contributed by atoms with van der Waals surface area (Å²) in [6.07, 6.45) is -4.62. The Balaban J connectivity index is 1.58. The highest BCUT2D eigenvalue weighted by Crippen LogP contribution is 2.27. The van der Waals surface area contributed by atoms with Crippen LogP contribution in [0.15, 0.2) is 48.5 Å². The Labute approximate surface area is 183 Å². The summed E-state index contributed by atoms with van der Waals surface area (Å²) in [4.78, 5) is 12.0. The number of phenolic OH excluding ortho intramolecular Hbond substituents is 2. The Bertz CT molecular complexity index is 942. The van der Waals surface area contributed by atoms with Crippen molar-refractivity contribution in [2.75, 3.05) is 13.7 Å². The Morgan fingerprint density at radius 2 is 1.75 bits per heavy atom. The Morgan fingerprint density at radius 3 is 2.44 bits per heavy atom. The molecule has 5 N–H and O–H groups in total. The summed E-state index contributed by atoms with van der Waals surface area (Å²) in [6, 6.07) is 10.1. The molecule has 172 valence electrons. The maximum absolute atomic E-state index is 12.0. The molecule has 2 aromatic rings. The van der Waals surface area contributed by atoms with Crippen LogP contribution >= 0.6 is 0 Å². The second-order valence-corrected chi connectivity index (χ2v) is 7.02. The van der Waals surface area contributed by atoms with Crippen molar-refractivity contribution in [2.45, 2.75) is 30.7 Å². The van der Waals surface area contributed by atoms with Crippen molar-refractivity contribution in [3.63, 3.8) is 0 Å². The normalized spacial score (nSPS) is 25.4. The second-order valence-electron chi connectivity index (χ2n) is 7.02. The summed E-state index contributed by atoms with van der Waals surface area (Å²) in [5.41, 5.74) is 0.575. The van der Waals surface area contributed by atoms with E-state index in [1.807, 2.05) is 0 Å². The lowest BCUT2D eigenvalue weighted by Gasteiger charge is -2.39. The van der Waals surface area contributed by atoms with Crippen molar-refractivity contribution in [3.05, 3.63) is 54.1 Å². The summed E-state index contributed by atoms with van der Waals surface area (Å²) in [7, 11) is 1.40. The lowest BCUT2D eigenvalue weighted by atomic mass is 9.99. The van der Waals surface area contributed by atoms with E-state index in [9.17, 15) is 30.3 Å². The zero-order chi connectivity index (χ0) is 23.3. The number of carbonyl (C=O) groups is 1. The summed E-state index contributed by atoms with van der Waals surface area (Å²) in [5, 5.41) is 49.3. The van der Waals surface area contributed by atoms with Crippen molar-refractivity contribution < 1.29 is 49.3 Å². The van der Waals surface area contributed by atoms with E-state index in [0.717, 1.165) is 6.08 Å². The summed E-state index contributed by atoms with van der Waals surface area (Å²) in [6.45, 7) is -0.414. The fourth-order valence-electron chi connectivity index (χ4n) is 2.98. The van der Waals surface area contributed by atoms with Crippen molar-refractivity contribution in [2.24, 2.45) is 0 Å². The van der Waals surface area contributed by atoms with Gasteiger partial charge in [-0.3, -0.25) is 0 Å². The molecule has 10 nitrogen and oxygen atoms in total. The standard InChI is InChI=1S/C22H24O10/c1-29-16-10-12(2-8-15(16)24)3-9-18(25)30-11-17-19(26)20(27)21(28)22(32-17)31-14-6-4-13(23)5-7-14/h2-10,17,19-24,26-28H,11H2,1H3/b9-3+/t17-,19-,20+,21-,22-/m1/s1. The zero-order valence-electron chi connectivity index (χ0n) is 17.1. The first-order valence-corrected chi connectivity index (χ1v) is 9.65. The van der Waals surface area contributed by atoms with Crippen LogP contribution in [0.25, 0.3) is 6.08 Å². The summed E-state index contributed by atoms with van der Waals surface area (Å²) in [5.74, 6) is -0.281. The SMILES string of the molecule is COc1cc(/C=C/C(=O)OC[C@H]2O[C@@H](Oc3ccc(O)cc3)[C@H](O)[C@@H](O)[C@@H]2O)ccc1O. The van der Waals surface area contributed by atoms with Gasteiger partial charge in [0.25, 0.3) is 0 Å². The predicted octanol–water partition coefficient (Wildman–Crippen LogP) is 0.549. The smallest absolute Gasteiger partial charge is 0.330 e. The highest BCUT2D eigenvalue weighted by molar-refractivity contribution is 5.87. The van der Waals surface area contributed by atoms with Crippen LogP contribution in [-0.4, -0.2) is 75.9 Å². The van der Waals surface area contributed by atoms with E-state index in [4.69, 9.17) is 18.9 Å². The summed E-state index contributed by atoms with van der Waals surface area (Å²) < 4.78 is 21.0. The molecule has 0 unspecified atom stereocenters. The first-order valence-electron chi connectivity index (χ1n) is 9.65. The van der Waals surface area contributed by atoms with E-state index in [2.05, 4.69) is 0 Å². The molecule has 2 aromatic carbocycles. The van der Waals surface area contributed by atoms with Gasteiger partial charge in [0.1, 0.15) is 42.5 Å². The molecule has 0 bridgehead atoms. The van der Waals surface area contributed by atoms with Crippen molar-refractivity contribution in [3.8, 4) is 23.0 Å². The highest BCUT2D eigenvalue weighted by Gasteiger charge is 2.45. The van der Waals surface area contributed by atoms with Crippen molar-refractivity contribution in [1.82, 2.24) is 0 Å². The first-order chi connectivity index (χ1) is 15.3. The lowest BCUT2D eigenvalue weighted by molar-refractivity contribution is -0.278. The number of esters is 1. The van der Waals surface area contributed by atoms with Gasteiger partial charge in [-0.25, -0.2) is 4.79 Å². The average molecular weight is 448 g/mol. The molecular formula is C22H24O10. The number of rotatable bonds is 7. The van der Waals surface area contributed by atoms with Crippen LogP contribution in [-0.2, 0) is 14.3 Å². The number of hydrogen-bond acceptors (Lipinski definition) is 10. The van der Waals surface area contributed by atoms with Gasteiger partial charge in [0.05, 0.1) is 7.11 Å². The lowest BCUT2D eigenvalue weighted by Crippen LogP contribution is -2.60.